The maximum atomic E-state index is 14.8. The number of halogens is 1. The van der Waals surface area contributed by atoms with Crippen molar-refractivity contribution in [1.82, 2.24) is 15.1 Å². The fourth-order valence-electron chi connectivity index (χ4n) is 4.05. The van der Waals surface area contributed by atoms with Crippen molar-refractivity contribution in [2.75, 3.05) is 71.0 Å². The second-order valence-electron chi connectivity index (χ2n) is 7.99. The Kier molecular flexibility index (Phi) is 8.12. The van der Waals surface area contributed by atoms with Crippen LogP contribution in [0.15, 0.2) is 23.2 Å². The number of anilines is 1. The third-order valence-electron chi connectivity index (χ3n) is 5.84. The van der Waals surface area contributed by atoms with E-state index < -0.39 is 0 Å². The van der Waals surface area contributed by atoms with E-state index in [1.807, 2.05) is 12.1 Å². The molecule has 1 aromatic carbocycles. The molecule has 0 aromatic heterocycles. The third-order valence-corrected chi connectivity index (χ3v) is 5.84. The van der Waals surface area contributed by atoms with Crippen molar-refractivity contribution in [3.05, 3.63) is 29.6 Å². The Morgan fingerprint density at radius 3 is 2.69 bits per heavy atom. The first-order valence-electron chi connectivity index (χ1n) is 10.9. The van der Waals surface area contributed by atoms with E-state index in [1.54, 1.807) is 6.07 Å². The second-order valence-corrected chi connectivity index (χ2v) is 7.99. The minimum Gasteiger partial charge on any atom is -0.381 e. The van der Waals surface area contributed by atoms with Crippen LogP contribution in [0.5, 0.6) is 0 Å². The molecule has 1 atom stereocenters. The first-order chi connectivity index (χ1) is 14.1. The molecule has 1 N–H and O–H groups in total. The highest BCUT2D eigenvalue weighted by Gasteiger charge is 2.20. The van der Waals surface area contributed by atoms with E-state index in [1.165, 1.54) is 0 Å². The largest absolute Gasteiger partial charge is 0.381 e. The number of hydrogen-bond donors (Lipinski definition) is 1. The second kappa shape index (κ2) is 10.8. The summed E-state index contributed by atoms with van der Waals surface area (Å²) in [6.07, 6.45) is 1.10. The molecular formula is C22H36FN5O. The number of hydrogen-bond acceptors (Lipinski definition) is 4. The molecule has 2 aliphatic heterocycles. The molecule has 29 heavy (non-hydrogen) atoms. The van der Waals surface area contributed by atoms with Crippen molar-refractivity contribution in [3.8, 4) is 0 Å². The number of likely N-dealkylation sites (N-methyl/N-ethyl adjacent to an activating group) is 1. The highest BCUT2D eigenvalue weighted by atomic mass is 19.1. The van der Waals surface area contributed by atoms with Gasteiger partial charge >= 0.3 is 0 Å². The summed E-state index contributed by atoms with van der Waals surface area (Å²) in [7, 11) is 2.06. The van der Waals surface area contributed by atoms with Gasteiger partial charge in [-0.15, -0.1) is 0 Å². The molecule has 7 heteroatoms. The highest BCUT2D eigenvalue weighted by molar-refractivity contribution is 5.79. The zero-order chi connectivity index (χ0) is 20.6. The number of rotatable bonds is 7. The average molecular weight is 406 g/mol. The Balaban J connectivity index is 1.61. The molecule has 0 spiro atoms. The molecule has 0 saturated carbocycles. The van der Waals surface area contributed by atoms with Gasteiger partial charge in [0.2, 0.25) is 0 Å². The van der Waals surface area contributed by atoms with Crippen molar-refractivity contribution in [2.45, 2.75) is 26.8 Å². The molecule has 162 valence electrons. The van der Waals surface area contributed by atoms with Crippen molar-refractivity contribution < 1.29 is 9.13 Å². The zero-order valence-corrected chi connectivity index (χ0v) is 18.2. The summed E-state index contributed by atoms with van der Waals surface area (Å²) in [5.74, 6) is 1.26. The number of guanidine groups is 1. The quantitative estimate of drug-likeness (QED) is 0.557. The van der Waals surface area contributed by atoms with E-state index >= 15 is 0 Å². The van der Waals surface area contributed by atoms with Crippen molar-refractivity contribution >= 4 is 11.6 Å². The Bertz CT molecular complexity index is 669. The summed E-state index contributed by atoms with van der Waals surface area (Å²) in [6, 6.07) is 5.55. The highest BCUT2D eigenvalue weighted by Crippen LogP contribution is 2.22. The number of nitrogens with zero attached hydrogens (tertiary/aromatic N) is 4. The predicted molar refractivity (Wildman–Crippen MR) is 117 cm³/mol. The molecule has 0 bridgehead atoms. The summed E-state index contributed by atoms with van der Waals surface area (Å²) in [5.41, 5.74) is 1.60. The van der Waals surface area contributed by atoms with Gasteiger partial charge < -0.3 is 24.8 Å². The zero-order valence-electron chi connectivity index (χ0n) is 18.2. The molecule has 2 aliphatic rings. The lowest BCUT2D eigenvalue weighted by Crippen LogP contribution is -2.46. The van der Waals surface area contributed by atoms with Gasteiger partial charge in [0, 0.05) is 58.8 Å². The summed E-state index contributed by atoms with van der Waals surface area (Å²) in [6.45, 7) is 12.9. The molecule has 6 nitrogen and oxygen atoms in total. The average Bonchev–Trinajstić information content (AvgIpc) is 3.24. The Labute approximate surface area is 174 Å². The molecule has 0 radical (unpaired) electrons. The minimum atomic E-state index is -0.149. The molecular weight excluding hydrogens is 369 g/mol. The lowest BCUT2D eigenvalue weighted by molar-refractivity contribution is 0.181. The van der Waals surface area contributed by atoms with Gasteiger partial charge in [-0.2, -0.15) is 0 Å². The summed E-state index contributed by atoms with van der Waals surface area (Å²) in [5, 5.41) is 3.34. The van der Waals surface area contributed by atoms with Crippen LogP contribution < -0.4 is 10.2 Å². The lowest BCUT2D eigenvalue weighted by atomic mass is 10.1. The van der Waals surface area contributed by atoms with Crippen LogP contribution in [0.1, 0.15) is 25.8 Å². The van der Waals surface area contributed by atoms with Crippen LogP contribution in [0, 0.1) is 11.7 Å². The topological polar surface area (TPSA) is 43.3 Å². The van der Waals surface area contributed by atoms with Crippen LogP contribution >= 0.6 is 0 Å². The molecule has 3 rings (SSSR count). The van der Waals surface area contributed by atoms with Crippen LogP contribution in [0.25, 0.3) is 0 Å². The lowest BCUT2D eigenvalue weighted by Gasteiger charge is -2.35. The molecule has 0 aliphatic carbocycles. The van der Waals surface area contributed by atoms with Crippen molar-refractivity contribution in [2.24, 2.45) is 10.9 Å². The molecule has 1 unspecified atom stereocenters. The van der Waals surface area contributed by atoms with Crippen LogP contribution in [-0.2, 0) is 11.3 Å². The summed E-state index contributed by atoms with van der Waals surface area (Å²) >= 11 is 0. The maximum absolute atomic E-state index is 14.8. The van der Waals surface area contributed by atoms with Crippen LogP contribution in [-0.4, -0.2) is 81.8 Å². The molecule has 0 amide bonds. The Morgan fingerprint density at radius 1 is 1.28 bits per heavy atom. The third kappa shape index (κ3) is 6.06. The SMILES string of the molecule is CCNC(=NCc1ccc(N2CCN(CC)CC2)c(F)c1)N(C)CC1CCOC1. The fourth-order valence-corrected chi connectivity index (χ4v) is 4.05. The smallest absolute Gasteiger partial charge is 0.193 e. The van der Waals surface area contributed by atoms with Gasteiger partial charge in [0.1, 0.15) is 5.82 Å². The Morgan fingerprint density at radius 2 is 2.07 bits per heavy atom. The maximum Gasteiger partial charge on any atom is 0.193 e. The van der Waals surface area contributed by atoms with E-state index in [0.717, 1.165) is 77.0 Å². The molecule has 2 saturated heterocycles. The van der Waals surface area contributed by atoms with E-state index in [0.29, 0.717) is 18.2 Å². The van der Waals surface area contributed by atoms with Gasteiger partial charge in [0.25, 0.3) is 0 Å². The van der Waals surface area contributed by atoms with E-state index in [9.17, 15) is 4.39 Å². The number of benzene rings is 1. The van der Waals surface area contributed by atoms with Crippen LogP contribution in [0.2, 0.25) is 0 Å². The van der Waals surface area contributed by atoms with Gasteiger partial charge in [-0.05, 0) is 37.6 Å². The predicted octanol–water partition coefficient (Wildman–Crippen LogP) is 2.40. The molecule has 2 heterocycles. The van der Waals surface area contributed by atoms with Gasteiger partial charge in [-0.3, -0.25) is 0 Å². The van der Waals surface area contributed by atoms with Crippen molar-refractivity contribution in [3.63, 3.8) is 0 Å². The van der Waals surface area contributed by atoms with Crippen LogP contribution in [0.3, 0.4) is 0 Å². The molecule has 2 fully saturated rings. The van der Waals surface area contributed by atoms with Gasteiger partial charge in [0.15, 0.2) is 5.96 Å². The Hall–Kier alpha value is -1.86. The number of piperazine rings is 1. The van der Waals surface area contributed by atoms with Crippen LogP contribution in [0.4, 0.5) is 10.1 Å². The normalized spacial score (nSPS) is 20.9. The monoisotopic (exact) mass is 405 g/mol. The van der Waals surface area contributed by atoms with Gasteiger partial charge in [-0.1, -0.05) is 13.0 Å². The molecule has 1 aromatic rings. The van der Waals surface area contributed by atoms with E-state index in [4.69, 9.17) is 9.73 Å². The number of nitrogens with one attached hydrogen (secondary N) is 1. The summed E-state index contributed by atoms with van der Waals surface area (Å²) in [4.78, 5) is 11.4. The number of aliphatic imine (C=N–C) groups is 1. The first-order valence-corrected chi connectivity index (χ1v) is 10.9. The minimum absolute atomic E-state index is 0.149. The number of ether oxygens (including phenoxy) is 1. The fraction of sp³-hybridized carbons (Fsp3) is 0.682. The summed E-state index contributed by atoms with van der Waals surface area (Å²) < 4.78 is 20.2. The van der Waals surface area contributed by atoms with Gasteiger partial charge in [0.05, 0.1) is 18.8 Å². The van der Waals surface area contributed by atoms with E-state index in [-0.39, 0.29) is 5.82 Å². The van der Waals surface area contributed by atoms with Crippen molar-refractivity contribution in [1.29, 1.82) is 0 Å². The first kappa shape index (κ1) is 21.8. The van der Waals surface area contributed by atoms with Gasteiger partial charge in [-0.25, -0.2) is 9.38 Å². The van der Waals surface area contributed by atoms with E-state index in [2.05, 4.69) is 40.9 Å². The standard InChI is InChI=1S/C22H36FN5O/c1-4-24-22(26(3)16-19-8-13-29-17-19)25-15-18-6-7-21(20(23)14-18)28-11-9-27(5-2)10-12-28/h6-7,14,19H,4-5,8-13,15-17H2,1-3H3,(H,24,25).